The van der Waals surface area contributed by atoms with Crippen LogP contribution >= 0.6 is 0 Å². The summed E-state index contributed by atoms with van der Waals surface area (Å²) in [6, 6.07) is 0. The summed E-state index contributed by atoms with van der Waals surface area (Å²) in [6.45, 7) is 6.00. The van der Waals surface area contributed by atoms with Crippen LogP contribution in [0, 0.1) is 23.7 Å². The summed E-state index contributed by atoms with van der Waals surface area (Å²) in [5.74, 6) is -2.73. The maximum atomic E-state index is 13.2. The van der Waals surface area contributed by atoms with Gasteiger partial charge in [0.15, 0.2) is 0 Å². The normalized spacial score (nSPS) is 33.2. The number of hydrogen-bond acceptors (Lipinski definition) is 7. The maximum absolute atomic E-state index is 13.2. The lowest BCUT2D eigenvalue weighted by Gasteiger charge is -2.34. The summed E-state index contributed by atoms with van der Waals surface area (Å²) in [7, 11) is -2.61. The standard InChI is InChI=1S/C22H34O7S.C2H4/c1-27-30(25,26)18-13-14-12-17(18)20(22(24)29-16-10-6-3-7-11-16)19(14)21(23)28-15-8-4-2-5-9-15;1-2/h14-20H,2-13H2,1H3;1-2H2. The topological polar surface area (TPSA) is 96.0 Å². The Kier molecular flexibility index (Phi) is 8.78. The van der Waals surface area contributed by atoms with Gasteiger partial charge in [0.05, 0.1) is 24.2 Å². The Bertz CT molecular complexity index is 752. The van der Waals surface area contributed by atoms with Crippen molar-refractivity contribution in [2.45, 2.75) is 94.5 Å². The molecule has 4 rings (SSSR count). The number of carbonyl (C=O) groups is 2. The quantitative estimate of drug-likeness (QED) is 0.327. The van der Waals surface area contributed by atoms with Crippen molar-refractivity contribution in [3.05, 3.63) is 13.2 Å². The van der Waals surface area contributed by atoms with Gasteiger partial charge in [-0.1, -0.05) is 12.8 Å². The molecule has 0 spiro atoms. The van der Waals surface area contributed by atoms with Crippen LogP contribution in [0.3, 0.4) is 0 Å². The lowest BCUT2D eigenvalue weighted by Crippen LogP contribution is -2.45. The lowest BCUT2D eigenvalue weighted by molar-refractivity contribution is -0.170. The number of carbonyl (C=O) groups excluding carboxylic acids is 2. The molecule has 4 fully saturated rings. The molecule has 4 saturated carbocycles. The second kappa shape index (κ2) is 11.1. The minimum atomic E-state index is -3.76. The number of ether oxygens (including phenoxy) is 2. The van der Waals surface area contributed by atoms with Crippen molar-refractivity contribution in [1.29, 1.82) is 0 Å². The summed E-state index contributed by atoms with van der Waals surface area (Å²) < 4.78 is 41.3. The van der Waals surface area contributed by atoms with E-state index in [2.05, 4.69) is 13.2 Å². The average molecular weight is 471 g/mol. The third kappa shape index (κ3) is 5.38. The zero-order chi connectivity index (χ0) is 23.3. The Morgan fingerprint density at radius 1 is 0.750 bits per heavy atom. The molecule has 0 saturated heterocycles. The first-order chi connectivity index (χ1) is 15.4. The van der Waals surface area contributed by atoms with Crippen LogP contribution in [0.4, 0.5) is 0 Å². The van der Waals surface area contributed by atoms with Gasteiger partial charge in [-0.3, -0.25) is 13.8 Å². The van der Waals surface area contributed by atoms with Crippen molar-refractivity contribution in [3.63, 3.8) is 0 Å². The zero-order valence-corrected chi connectivity index (χ0v) is 20.0. The lowest BCUT2D eigenvalue weighted by atomic mass is 9.78. The summed E-state index contributed by atoms with van der Waals surface area (Å²) in [6.07, 6.45) is 10.5. The molecule has 2 bridgehead atoms. The molecule has 7 nitrogen and oxygen atoms in total. The van der Waals surface area contributed by atoms with E-state index in [0.717, 1.165) is 71.3 Å². The fourth-order valence-corrected chi connectivity index (χ4v) is 7.71. The average Bonchev–Trinajstić information content (AvgIpc) is 3.41. The van der Waals surface area contributed by atoms with Crippen molar-refractivity contribution in [1.82, 2.24) is 0 Å². The van der Waals surface area contributed by atoms with Gasteiger partial charge in [0.1, 0.15) is 12.2 Å². The van der Waals surface area contributed by atoms with Gasteiger partial charge >= 0.3 is 11.9 Å². The van der Waals surface area contributed by atoms with Gasteiger partial charge in [-0.15, -0.1) is 13.2 Å². The monoisotopic (exact) mass is 470 g/mol. The van der Waals surface area contributed by atoms with Gasteiger partial charge in [-0.25, -0.2) is 0 Å². The van der Waals surface area contributed by atoms with E-state index < -0.39 is 39.1 Å². The minimum absolute atomic E-state index is 0.0844. The number of rotatable bonds is 6. The van der Waals surface area contributed by atoms with Crippen LogP contribution in [0.15, 0.2) is 13.2 Å². The highest BCUT2D eigenvalue weighted by Gasteiger charge is 2.62. The molecule has 0 aromatic carbocycles. The van der Waals surface area contributed by atoms with Gasteiger partial charge in [-0.2, -0.15) is 8.42 Å². The highest BCUT2D eigenvalue weighted by Crippen LogP contribution is 2.55. The van der Waals surface area contributed by atoms with Gasteiger partial charge < -0.3 is 9.47 Å². The van der Waals surface area contributed by atoms with Crippen molar-refractivity contribution < 1.29 is 31.7 Å². The predicted octanol–water partition coefficient (Wildman–Crippen LogP) is 4.16. The first kappa shape index (κ1) is 25.2. The molecule has 4 aliphatic carbocycles. The molecule has 5 atom stereocenters. The van der Waals surface area contributed by atoms with E-state index in [1.54, 1.807) is 0 Å². The van der Waals surface area contributed by atoms with E-state index >= 15 is 0 Å². The number of esters is 2. The minimum Gasteiger partial charge on any atom is -0.462 e. The van der Waals surface area contributed by atoms with Crippen molar-refractivity contribution in [2.24, 2.45) is 23.7 Å². The Balaban J connectivity index is 0.00000141. The molecule has 0 radical (unpaired) electrons. The summed E-state index contributed by atoms with van der Waals surface area (Å²) >= 11 is 0. The molecule has 0 aliphatic heterocycles. The largest absolute Gasteiger partial charge is 0.462 e. The Morgan fingerprint density at radius 2 is 1.22 bits per heavy atom. The molecule has 4 aliphatic rings. The van der Waals surface area contributed by atoms with Gasteiger partial charge in [-0.05, 0) is 76.0 Å². The maximum Gasteiger partial charge on any atom is 0.310 e. The van der Waals surface area contributed by atoms with Crippen LogP contribution in [-0.2, 0) is 33.4 Å². The van der Waals surface area contributed by atoms with Gasteiger partial charge in [0.25, 0.3) is 10.1 Å². The van der Waals surface area contributed by atoms with Crippen LogP contribution < -0.4 is 0 Å². The van der Waals surface area contributed by atoms with Crippen LogP contribution in [0.1, 0.15) is 77.0 Å². The first-order valence-electron chi connectivity index (χ1n) is 12.1. The molecule has 32 heavy (non-hydrogen) atoms. The molecule has 5 unspecified atom stereocenters. The van der Waals surface area contributed by atoms with E-state index in [9.17, 15) is 18.0 Å². The molecule has 182 valence electrons. The molecule has 0 heterocycles. The molecule has 0 N–H and O–H groups in total. The second-order valence-corrected chi connectivity index (χ2v) is 11.5. The molecule has 8 heteroatoms. The van der Waals surface area contributed by atoms with E-state index in [4.69, 9.17) is 13.7 Å². The summed E-state index contributed by atoms with van der Waals surface area (Å²) in [4.78, 5) is 26.3. The molecular weight excluding hydrogens is 432 g/mol. The van der Waals surface area contributed by atoms with Crippen LogP contribution in [0.5, 0.6) is 0 Å². The number of fused-ring (bicyclic) bond motifs is 2. The molecule has 0 aromatic heterocycles. The van der Waals surface area contributed by atoms with Crippen molar-refractivity contribution in [2.75, 3.05) is 7.11 Å². The van der Waals surface area contributed by atoms with E-state index in [1.807, 2.05) is 0 Å². The van der Waals surface area contributed by atoms with Crippen molar-refractivity contribution >= 4 is 22.1 Å². The SMILES string of the molecule is C=C.COS(=O)(=O)C1CC2CC1C(C(=O)OC1CCCCC1)C2C(=O)OC1CCCCC1. The van der Waals surface area contributed by atoms with E-state index in [1.165, 1.54) is 0 Å². The molecule has 0 amide bonds. The fourth-order valence-electron chi connectivity index (χ4n) is 6.27. The van der Waals surface area contributed by atoms with Crippen LogP contribution in [-0.4, -0.2) is 44.9 Å². The summed E-state index contributed by atoms with van der Waals surface area (Å²) in [5.41, 5.74) is 0. The fraction of sp³-hybridized carbons (Fsp3) is 0.833. The molecular formula is C24H38O7S. The predicted molar refractivity (Wildman–Crippen MR) is 120 cm³/mol. The number of hydrogen-bond donors (Lipinski definition) is 0. The van der Waals surface area contributed by atoms with Gasteiger partial charge in [0, 0.05) is 0 Å². The zero-order valence-electron chi connectivity index (χ0n) is 19.2. The van der Waals surface area contributed by atoms with Crippen LogP contribution in [0.2, 0.25) is 0 Å². The Morgan fingerprint density at radius 3 is 1.69 bits per heavy atom. The second-order valence-electron chi connectivity index (χ2n) is 9.54. The molecule has 0 aromatic rings. The third-order valence-electron chi connectivity index (χ3n) is 7.76. The van der Waals surface area contributed by atoms with Crippen LogP contribution in [0.25, 0.3) is 0 Å². The summed E-state index contributed by atoms with van der Waals surface area (Å²) in [5, 5.41) is -0.755. The third-order valence-corrected chi connectivity index (χ3v) is 9.51. The van der Waals surface area contributed by atoms with E-state index in [0.29, 0.717) is 12.8 Å². The Labute approximate surface area is 192 Å². The highest BCUT2D eigenvalue weighted by atomic mass is 32.2. The van der Waals surface area contributed by atoms with Gasteiger partial charge in [0.2, 0.25) is 0 Å². The Hall–Kier alpha value is -1.41. The van der Waals surface area contributed by atoms with Crippen molar-refractivity contribution in [3.8, 4) is 0 Å². The highest BCUT2D eigenvalue weighted by molar-refractivity contribution is 7.87. The van der Waals surface area contributed by atoms with E-state index in [-0.39, 0.29) is 24.1 Å². The first-order valence-corrected chi connectivity index (χ1v) is 13.6. The smallest absolute Gasteiger partial charge is 0.310 e.